The van der Waals surface area contributed by atoms with Crippen molar-refractivity contribution in [1.82, 2.24) is 0 Å². The largest absolute Gasteiger partial charge is 0.457 e. The van der Waals surface area contributed by atoms with Crippen LogP contribution in [0.2, 0.25) is 0 Å². The lowest BCUT2D eigenvalue weighted by Gasteiger charge is -2.43. The Kier molecular flexibility index (Phi) is 7.89. The molecule has 0 N–H and O–H groups in total. The zero-order chi connectivity index (χ0) is 37.8. The predicted molar refractivity (Wildman–Crippen MR) is 234 cm³/mol. The van der Waals surface area contributed by atoms with E-state index in [2.05, 4.69) is 223 Å². The van der Waals surface area contributed by atoms with Gasteiger partial charge < -0.3 is 9.64 Å². The molecule has 0 saturated carbocycles. The maximum atomic E-state index is 7.11. The Balaban J connectivity index is 1.14. The molecule has 11 rings (SSSR count). The Hall–Kier alpha value is -7.16. The van der Waals surface area contributed by atoms with Gasteiger partial charge in [-0.3, -0.25) is 0 Å². The summed E-state index contributed by atoms with van der Waals surface area (Å²) in [5.74, 6) is 2.06. The summed E-state index contributed by atoms with van der Waals surface area (Å²) in [5, 5.41) is 0. The lowest BCUT2D eigenvalue weighted by molar-refractivity contribution is 0.381. The summed E-state index contributed by atoms with van der Waals surface area (Å²) >= 11 is 0. The van der Waals surface area contributed by atoms with Crippen molar-refractivity contribution in [1.29, 1.82) is 0 Å². The quantitative estimate of drug-likeness (QED) is 0.169. The first kappa shape index (κ1) is 33.2. The summed E-state index contributed by atoms with van der Waals surface area (Å²) in [6, 6.07) is 74.7. The molecule has 2 unspecified atom stereocenters. The number of anilines is 3. The van der Waals surface area contributed by atoms with Gasteiger partial charge in [0.25, 0.3) is 0 Å². The van der Waals surface area contributed by atoms with Crippen LogP contribution < -0.4 is 9.64 Å². The zero-order valence-corrected chi connectivity index (χ0v) is 31.4. The molecular weight excluding hydrogens is 691 g/mol. The molecule has 1 heterocycles. The number of rotatable bonds is 6. The lowest BCUT2D eigenvalue weighted by Crippen LogP contribution is -2.36. The van der Waals surface area contributed by atoms with E-state index in [4.69, 9.17) is 4.74 Å². The van der Waals surface area contributed by atoms with Crippen molar-refractivity contribution in [2.24, 2.45) is 0 Å². The van der Waals surface area contributed by atoms with Crippen LogP contribution in [-0.4, -0.2) is 0 Å². The van der Waals surface area contributed by atoms with Crippen LogP contribution in [0.5, 0.6) is 5.75 Å². The van der Waals surface area contributed by atoms with E-state index < -0.39 is 5.41 Å². The van der Waals surface area contributed by atoms with Crippen LogP contribution in [-0.2, 0) is 5.41 Å². The standard InChI is InChI=1S/C55H39NO/c1-5-15-38(16-6-1)41-25-29-45(30-26-41)56(44-21-11-4-12-22-44)46-31-32-48-47-23-13-14-24-49(47)55(52(48)37-46)50-33-27-42(39-17-7-2-8-18-39)35-53(50)57-54-36-43(28-34-51(54)55)40-19-9-3-10-20-40/h1-27,29-37,43H,28H2. The molecule has 270 valence electrons. The summed E-state index contributed by atoms with van der Waals surface area (Å²) < 4.78 is 7.11. The van der Waals surface area contributed by atoms with Gasteiger partial charge in [0, 0.05) is 34.1 Å². The van der Waals surface area contributed by atoms with Gasteiger partial charge in [-0.05, 0) is 105 Å². The zero-order valence-electron chi connectivity index (χ0n) is 31.4. The first-order valence-electron chi connectivity index (χ1n) is 19.9. The van der Waals surface area contributed by atoms with Crippen molar-refractivity contribution >= 4 is 17.1 Å². The Bertz CT molecular complexity index is 2820. The van der Waals surface area contributed by atoms with Gasteiger partial charge in [-0.1, -0.05) is 170 Å². The minimum Gasteiger partial charge on any atom is -0.457 e. The number of hydrogen-bond acceptors (Lipinski definition) is 2. The first-order chi connectivity index (χ1) is 28.3. The number of nitrogens with zero attached hydrogens (tertiary/aromatic N) is 1. The van der Waals surface area contributed by atoms with Crippen molar-refractivity contribution in [2.75, 3.05) is 4.90 Å². The normalized spacial score (nSPS) is 17.3. The van der Waals surface area contributed by atoms with E-state index in [0.29, 0.717) is 0 Å². The molecule has 0 aromatic heterocycles. The molecule has 3 aliphatic rings. The summed E-state index contributed by atoms with van der Waals surface area (Å²) in [4.78, 5) is 2.39. The van der Waals surface area contributed by atoms with E-state index in [0.717, 1.165) is 40.6 Å². The minimum atomic E-state index is -0.586. The van der Waals surface area contributed by atoms with Crippen molar-refractivity contribution in [3.63, 3.8) is 0 Å². The smallest absolute Gasteiger partial charge is 0.132 e. The molecule has 1 aliphatic heterocycles. The number of fused-ring (bicyclic) bond motifs is 9. The highest BCUT2D eigenvalue weighted by Crippen LogP contribution is 2.63. The monoisotopic (exact) mass is 729 g/mol. The molecule has 0 radical (unpaired) electrons. The topological polar surface area (TPSA) is 12.5 Å². The predicted octanol–water partition coefficient (Wildman–Crippen LogP) is 14.2. The van der Waals surface area contributed by atoms with Crippen LogP contribution in [0.3, 0.4) is 0 Å². The maximum absolute atomic E-state index is 7.11. The average molecular weight is 730 g/mol. The second-order valence-electron chi connectivity index (χ2n) is 15.2. The van der Waals surface area contributed by atoms with Crippen LogP contribution >= 0.6 is 0 Å². The highest BCUT2D eigenvalue weighted by Gasteiger charge is 2.53. The number of para-hydroxylation sites is 1. The molecule has 2 aliphatic carbocycles. The molecule has 8 aromatic rings. The fourth-order valence-electron chi connectivity index (χ4n) is 9.48. The number of benzene rings is 8. The van der Waals surface area contributed by atoms with E-state index in [1.807, 2.05) is 0 Å². The Morgan fingerprint density at radius 1 is 0.439 bits per heavy atom. The minimum absolute atomic E-state index is 0.218. The molecule has 0 fully saturated rings. The Morgan fingerprint density at radius 3 is 1.74 bits per heavy atom. The van der Waals surface area contributed by atoms with Gasteiger partial charge in [0.2, 0.25) is 0 Å². The molecule has 1 spiro atoms. The Labute approximate surface area is 334 Å². The highest BCUT2D eigenvalue weighted by molar-refractivity contribution is 5.92. The highest BCUT2D eigenvalue weighted by atomic mass is 16.5. The van der Waals surface area contributed by atoms with Crippen LogP contribution in [0.1, 0.15) is 34.6 Å². The maximum Gasteiger partial charge on any atom is 0.132 e. The van der Waals surface area contributed by atoms with Crippen LogP contribution in [0.25, 0.3) is 33.4 Å². The number of hydrogen-bond donors (Lipinski definition) is 0. The van der Waals surface area contributed by atoms with E-state index in [1.54, 1.807) is 0 Å². The fraction of sp³-hybridized carbons (Fsp3) is 0.0545. The van der Waals surface area contributed by atoms with Crippen LogP contribution in [0.15, 0.2) is 230 Å². The molecule has 0 saturated heterocycles. The van der Waals surface area contributed by atoms with E-state index >= 15 is 0 Å². The van der Waals surface area contributed by atoms with Gasteiger partial charge in [0.15, 0.2) is 0 Å². The second kappa shape index (κ2) is 13.5. The molecule has 2 nitrogen and oxygen atoms in total. The van der Waals surface area contributed by atoms with Crippen molar-refractivity contribution in [2.45, 2.75) is 17.8 Å². The third-order valence-corrected chi connectivity index (χ3v) is 12.1. The average Bonchev–Trinajstić information content (AvgIpc) is 3.57. The summed E-state index contributed by atoms with van der Waals surface area (Å²) in [7, 11) is 0. The molecule has 2 heteroatoms. The number of allylic oxidation sites excluding steroid dienone is 3. The van der Waals surface area contributed by atoms with Crippen molar-refractivity contribution < 1.29 is 4.74 Å². The molecule has 0 amide bonds. The van der Waals surface area contributed by atoms with Gasteiger partial charge in [0.1, 0.15) is 11.5 Å². The van der Waals surface area contributed by atoms with Crippen molar-refractivity contribution in [3.05, 3.63) is 252 Å². The number of ether oxygens (including phenoxy) is 1. The third kappa shape index (κ3) is 5.40. The van der Waals surface area contributed by atoms with Gasteiger partial charge in [-0.15, -0.1) is 0 Å². The molecule has 0 bridgehead atoms. The van der Waals surface area contributed by atoms with Gasteiger partial charge in [0.05, 0.1) is 5.41 Å². The second-order valence-corrected chi connectivity index (χ2v) is 15.2. The SMILES string of the molecule is C1=C2Oc3cc(-c4ccccc4)ccc3C3(C2=CCC1c1ccccc1)c1ccccc1-c1ccc(N(c2ccccc2)c2ccc(-c4ccccc4)cc2)cc13. The molecular formula is C55H39NO. The summed E-state index contributed by atoms with van der Waals surface area (Å²) in [6.07, 6.45) is 5.74. The molecule has 2 atom stereocenters. The van der Waals surface area contributed by atoms with Crippen molar-refractivity contribution in [3.8, 4) is 39.1 Å². The van der Waals surface area contributed by atoms with Crippen LogP contribution in [0, 0.1) is 0 Å². The summed E-state index contributed by atoms with van der Waals surface area (Å²) in [5.41, 5.74) is 16.2. The molecule has 57 heavy (non-hydrogen) atoms. The lowest BCUT2D eigenvalue weighted by atomic mass is 9.63. The summed E-state index contributed by atoms with van der Waals surface area (Å²) in [6.45, 7) is 0. The first-order valence-corrected chi connectivity index (χ1v) is 19.9. The van der Waals surface area contributed by atoms with E-state index in [9.17, 15) is 0 Å². The van der Waals surface area contributed by atoms with E-state index in [-0.39, 0.29) is 5.92 Å². The van der Waals surface area contributed by atoms with Crippen LogP contribution in [0.4, 0.5) is 17.1 Å². The van der Waals surface area contributed by atoms with Gasteiger partial charge in [-0.2, -0.15) is 0 Å². The Morgan fingerprint density at radius 2 is 1.00 bits per heavy atom. The van der Waals surface area contributed by atoms with Gasteiger partial charge >= 0.3 is 0 Å². The fourth-order valence-corrected chi connectivity index (χ4v) is 9.48. The van der Waals surface area contributed by atoms with E-state index in [1.165, 1.54) is 55.6 Å². The third-order valence-electron chi connectivity index (χ3n) is 12.1. The van der Waals surface area contributed by atoms with Gasteiger partial charge in [-0.25, -0.2) is 0 Å². The molecule has 8 aromatic carbocycles.